The first-order valence-corrected chi connectivity index (χ1v) is 9.63. The highest BCUT2D eigenvalue weighted by atomic mass is 79.9. The standard InChI is InChI=1S/C20H23BrFN3O/c21-18-4-1-2-5-19(18)23-20(26)15-25-11-3-10-24(12-13-25)14-16-6-8-17(22)9-7-16/h1-2,4-9H,3,10-15H2,(H,23,26). The van der Waals surface area contributed by atoms with Gasteiger partial charge < -0.3 is 5.32 Å². The number of rotatable bonds is 5. The summed E-state index contributed by atoms with van der Waals surface area (Å²) in [5.74, 6) is -0.198. The summed E-state index contributed by atoms with van der Waals surface area (Å²) in [7, 11) is 0. The third kappa shape index (κ3) is 5.62. The molecule has 138 valence electrons. The lowest BCUT2D eigenvalue weighted by molar-refractivity contribution is -0.117. The number of halogens is 2. The van der Waals surface area contributed by atoms with Crippen LogP contribution in [-0.4, -0.2) is 48.4 Å². The van der Waals surface area contributed by atoms with Gasteiger partial charge in [-0.25, -0.2) is 4.39 Å². The Morgan fingerprint density at radius 3 is 2.46 bits per heavy atom. The van der Waals surface area contributed by atoms with Crippen LogP contribution in [0.3, 0.4) is 0 Å². The molecule has 0 atom stereocenters. The molecule has 26 heavy (non-hydrogen) atoms. The minimum absolute atomic E-state index is 0.00360. The van der Waals surface area contributed by atoms with Crippen LogP contribution >= 0.6 is 15.9 Å². The van der Waals surface area contributed by atoms with Crippen molar-refractivity contribution in [2.45, 2.75) is 13.0 Å². The molecule has 2 aromatic carbocycles. The van der Waals surface area contributed by atoms with Crippen molar-refractivity contribution in [3.8, 4) is 0 Å². The van der Waals surface area contributed by atoms with Gasteiger partial charge in [0.2, 0.25) is 5.91 Å². The van der Waals surface area contributed by atoms with Crippen molar-refractivity contribution in [3.63, 3.8) is 0 Å². The normalized spacial score (nSPS) is 16.2. The third-order valence-corrected chi connectivity index (χ3v) is 5.21. The van der Waals surface area contributed by atoms with Gasteiger partial charge in [0.1, 0.15) is 5.82 Å². The van der Waals surface area contributed by atoms with E-state index in [0.717, 1.165) is 54.9 Å². The minimum Gasteiger partial charge on any atom is -0.324 e. The molecule has 0 unspecified atom stereocenters. The lowest BCUT2D eigenvalue weighted by atomic mass is 10.2. The number of amides is 1. The third-order valence-electron chi connectivity index (χ3n) is 4.52. The molecule has 1 aliphatic rings. The SMILES string of the molecule is O=C(CN1CCCN(Cc2ccc(F)cc2)CC1)Nc1ccccc1Br. The first-order valence-electron chi connectivity index (χ1n) is 8.84. The van der Waals surface area contributed by atoms with Gasteiger partial charge in [-0.05, 0) is 65.3 Å². The molecule has 3 rings (SSSR count). The number of hydrogen-bond donors (Lipinski definition) is 1. The van der Waals surface area contributed by atoms with Gasteiger partial charge in [0.15, 0.2) is 0 Å². The van der Waals surface area contributed by atoms with Crippen molar-refractivity contribution < 1.29 is 9.18 Å². The number of nitrogens with one attached hydrogen (secondary N) is 1. The second kappa shape index (κ2) is 9.26. The second-order valence-corrected chi connectivity index (χ2v) is 7.41. The quantitative estimate of drug-likeness (QED) is 0.801. The molecule has 6 heteroatoms. The van der Waals surface area contributed by atoms with Crippen molar-refractivity contribution in [1.29, 1.82) is 0 Å². The summed E-state index contributed by atoms with van der Waals surface area (Å²) < 4.78 is 13.9. The maximum absolute atomic E-state index is 13.0. The maximum Gasteiger partial charge on any atom is 0.238 e. The first-order chi connectivity index (χ1) is 12.6. The maximum atomic E-state index is 13.0. The lowest BCUT2D eigenvalue weighted by Gasteiger charge is -2.21. The fraction of sp³-hybridized carbons (Fsp3) is 0.350. The Hall–Kier alpha value is -1.76. The zero-order valence-corrected chi connectivity index (χ0v) is 16.2. The number of anilines is 1. The monoisotopic (exact) mass is 419 g/mol. The van der Waals surface area contributed by atoms with Crippen LogP contribution < -0.4 is 5.32 Å². The Morgan fingerprint density at radius 1 is 1.00 bits per heavy atom. The highest BCUT2D eigenvalue weighted by Crippen LogP contribution is 2.21. The molecule has 2 aromatic rings. The average Bonchev–Trinajstić information content (AvgIpc) is 2.84. The van der Waals surface area contributed by atoms with Gasteiger partial charge in [0.25, 0.3) is 0 Å². The van der Waals surface area contributed by atoms with E-state index in [2.05, 4.69) is 31.0 Å². The number of hydrogen-bond acceptors (Lipinski definition) is 3. The minimum atomic E-state index is -0.202. The van der Waals surface area contributed by atoms with E-state index in [1.807, 2.05) is 36.4 Å². The smallest absolute Gasteiger partial charge is 0.238 e. The predicted octanol–water partition coefficient (Wildman–Crippen LogP) is 3.73. The Balaban J connectivity index is 1.48. The predicted molar refractivity (Wildman–Crippen MR) is 106 cm³/mol. The van der Waals surface area contributed by atoms with Gasteiger partial charge >= 0.3 is 0 Å². The van der Waals surface area contributed by atoms with Crippen molar-refractivity contribution in [3.05, 3.63) is 64.4 Å². The summed E-state index contributed by atoms with van der Waals surface area (Å²) in [4.78, 5) is 16.9. The van der Waals surface area contributed by atoms with Gasteiger partial charge in [0.05, 0.1) is 12.2 Å². The molecule has 1 fully saturated rings. The second-order valence-electron chi connectivity index (χ2n) is 6.56. The molecular formula is C20H23BrFN3O. The number of carbonyl (C=O) groups excluding carboxylic acids is 1. The summed E-state index contributed by atoms with van der Waals surface area (Å²) >= 11 is 3.45. The van der Waals surface area contributed by atoms with Crippen LogP contribution in [0, 0.1) is 5.82 Å². The van der Waals surface area contributed by atoms with Crippen LogP contribution in [0.15, 0.2) is 53.0 Å². The van der Waals surface area contributed by atoms with Crippen molar-refractivity contribution in [2.24, 2.45) is 0 Å². The highest BCUT2D eigenvalue weighted by Gasteiger charge is 2.17. The van der Waals surface area contributed by atoms with E-state index in [9.17, 15) is 9.18 Å². The number of benzene rings is 2. The average molecular weight is 420 g/mol. The van der Waals surface area contributed by atoms with Crippen molar-refractivity contribution >= 4 is 27.5 Å². The van der Waals surface area contributed by atoms with E-state index < -0.39 is 0 Å². The molecule has 1 heterocycles. The van der Waals surface area contributed by atoms with Crippen LogP contribution in [-0.2, 0) is 11.3 Å². The van der Waals surface area contributed by atoms with Crippen molar-refractivity contribution in [2.75, 3.05) is 38.0 Å². The van der Waals surface area contributed by atoms with E-state index in [0.29, 0.717) is 6.54 Å². The zero-order valence-electron chi connectivity index (χ0n) is 14.6. The van der Waals surface area contributed by atoms with Gasteiger partial charge in [-0.3, -0.25) is 14.6 Å². The fourth-order valence-electron chi connectivity index (χ4n) is 3.14. The van der Waals surface area contributed by atoms with Crippen molar-refractivity contribution in [1.82, 2.24) is 9.80 Å². The number of nitrogens with zero attached hydrogens (tertiary/aromatic N) is 2. The van der Waals surface area contributed by atoms with Gasteiger partial charge in [0, 0.05) is 24.1 Å². The zero-order chi connectivity index (χ0) is 18.4. The summed E-state index contributed by atoms with van der Waals surface area (Å²) in [5, 5.41) is 2.96. The molecule has 1 amide bonds. The largest absolute Gasteiger partial charge is 0.324 e. The lowest BCUT2D eigenvalue weighted by Crippen LogP contribution is -2.36. The van der Waals surface area contributed by atoms with E-state index in [-0.39, 0.29) is 11.7 Å². The highest BCUT2D eigenvalue weighted by molar-refractivity contribution is 9.10. The Bertz CT molecular complexity index is 738. The Kier molecular flexibility index (Phi) is 6.77. The summed E-state index contributed by atoms with van der Waals surface area (Å²) in [6.45, 7) is 4.86. The molecule has 4 nitrogen and oxygen atoms in total. The van der Waals surface area contributed by atoms with E-state index in [4.69, 9.17) is 0 Å². The summed E-state index contributed by atoms with van der Waals surface area (Å²) in [5.41, 5.74) is 1.91. The topological polar surface area (TPSA) is 35.6 Å². The van der Waals surface area contributed by atoms with E-state index in [1.54, 1.807) is 0 Å². The van der Waals surface area contributed by atoms with Gasteiger partial charge in [-0.2, -0.15) is 0 Å². The molecule has 0 saturated carbocycles. The fourth-order valence-corrected chi connectivity index (χ4v) is 3.53. The number of carbonyl (C=O) groups is 1. The molecule has 0 aromatic heterocycles. The Morgan fingerprint density at radius 2 is 1.69 bits per heavy atom. The number of para-hydroxylation sites is 1. The van der Waals surface area contributed by atoms with Crippen LogP contribution in [0.2, 0.25) is 0 Å². The molecule has 1 saturated heterocycles. The summed E-state index contributed by atoms with van der Waals surface area (Å²) in [6, 6.07) is 14.3. The molecule has 0 radical (unpaired) electrons. The van der Waals surface area contributed by atoms with E-state index in [1.165, 1.54) is 12.1 Å². The van der Waals surface area contributed by atoms with Crippen LogP contribution in [0.1, 0.15) is 12.0 Å². The van der Waals surface area contributed by atoms with Crippen LogP contribution in [0.25, 0.3) is 0 Å². The van der Waals surface area contributed by atoms with Gasteiger partial charge in [-0.1, -0.05) is 24.3 Å². The molecule has 0 bridgehead atoms. The molecular weight excluding hydrogens is 397 g/mol. The molecule has 1 aliphatic heterocycles. The van der Waals surface area contributed by atoms with E-state index >= 15 is 0 Å². The van der Waals surface area contributed by atoms with Crippen LogP contribution in [0.5, 0.6) is 0 Å². The molecule has 0 aliphatic carbocycles. The van der Waals surface area contributed by atoms with Gasteiger partial charge in [-0.15, -0.1) is 0 Å². The molecule has 1 N–H and O–H groups in total. The molecule has 0 spiro atoms. The van der Waals surface area contributed by atoms with Crippen LogP contribution in [0.4, 0.5) is 10.1 Å². The summed E-state index contributed by atoms with van der Waals surface area (Å²) in [6.07, 6.45) is 1.02. The first kappa shape index (κ1) is 19.0. The Labute approximate surface area is 162 Å².